The SMILES string of the molecule is CC1(C)C(=O)C(C#N)=C[C@]2(C)C3=CC(=O)[C@@H]4[C@@H]5CC6(CC6)CC[C@]5(N)CC[C@@]4(C)[C@]3(C)CC[C@@H]12. The summed E-state index contributed by atoms with van der Waals surface area (Å²) in [7, 11) is 0. The zero-order valence-corrected chi connectivity index (χ0v) is 21.6. The predicted octanol–water partition coefficient (Wildman–Crippen LogP) is 5.67. The van der Waals surface area contributed by atoms with Gasteiger partial charge in [-0.2, -0.15) is 5.26 Å². The molecule has 4 nitrogen and oxygen atoms in total. The van der Waals surface area contributed by atoms with Crippen molar-refractivity contribution in [3.05, 3.63) is 23.3 Å². The van der Waals surface area contributed by atoms with Crippen LogP contribution in [0.25, 0.3) is 0 Å². The van der Waals surface area contributed by atoms with E-state index in [1.807, 2.05) is 26.0 Å². The Hall–Kier alpha value is -1.73. The third-order valence-corrected chi connectivity index (χ3v) is 12.6. The molecule has 34 heavy (non-hydrogen) atoms. The Balaban J connectivity index is 1.52. The van der Waals surface area contributed by atoms with Gasteiger partial charge in [-0.1, -0.05) is 46.3 Å². The smallest absolute Gasteiger partial charge is 0.178 e. The maximum atomic E-state index is 14.2. The Bertz CT molecular complexity index is 1120. The molecule has 1 spiro atoms. The molecule has 0 saturated heterocycles. The van der Waals surface area contributed by atoms with Gasteiger partial charge in [0.1, 0.15) is 6.07 Å². The van der Waals surface area contributed by atoms with Crippen LogP contribution in [-0.2, 0) is 9.59 Å². The van der Waals surface area contributed by atoms with Gasteiger partial charge < -0.3 is 5.73 Å². The fraction of sp³-hybridized carbons (Fsp3) is 0.767. The number of nitrogens with two attached hydrogens (primary N) is 1. The summed E-state index contributed by atoms with van der Waals surface area (Å²) in [5.74, 6) is 0.560. The Labute approximate surface area is 204 Å². The number of Topliss-reactive ketones (excluding diaryl/α,β-unsaturated/α-hetero) is 1. The van der Waals surface area contributed by atoms with Crippen molar-refractivity contribution >= 4 is 11.6 Å². The van der Waals surface area contributed by atoms with Gasteiger partial charge in [0.05, 0.1) is 5.57 Å². The molecule has 6 aliphatic rings. The van der Waals surface area contributed by atoms with Crippen LogP contribution in [0.2, 0.25) is 0 Å². The first-order chi connectivity index (χ1) is 15.8. The van der Waals surface area contributed by atoms with E-state index in [2.05, 4.69) is 26.8 Å². The molecular formula is C30H40N2O2. The zero-order valence-electron chi connectivity index (χ0n) is 21.6. The minimum absolute atomic E-state index is 0.0180. The largest absolute Gasteiger partial charge is 0.325 e. The number of fused-ring (bicyclic) bond motifs is 7. The number of rotatable bonds is 0. The molecule has 0 aromatic heterocycles. The van der Waals surface area contributed by atoms with Crippen LogP contribution in [0.1, 0.15) is 92.4 Å². The standard InChI is InChI=1S/C30H40N2O2/c1-25(2)21-6-7-27(4)22(26(21,3)15-18(17-31)24(25)34)14-20(33)23-19-16-29(9-10-29)11-13-30(19,32)12-8-28(23,27)5/h14-15,19,21,23H,6-13,16,32H2,1-5H3/t19-,21-,23-,26-,27+,28+,30+/m0/s1. The van der Waals surface area contributed by atoms with Crippen LogP contribution in [0, 0.1) is 56.2 Å². The van der Waals surface area contributed by atoms with E-state index in [4.69, 9.17) is 5.73 Å². The van der Waals surface area contributed by atoms with Crippen LogP contribution in [0.3, 0.4) is 0 Å². The van der Waals surface area contributed by atoms with Gasteiger partial charge in [-0.3, -0.25) is 9.59 Å². The second kappa shape index (κ2) is 6.33. The Morgan fingerprint density at radius 1 is 0.971 bits per heavy atom. The van der Waals surface area contributed by atoms with E-state index in [0.717, 1.165) is 38.5 Å². The minimum Gasteiger partial charge on any atom is -0.325 e. The quantitative estimate of drug-likeness (QED) is 0.505. The topological polar surface area (TPSA) is 84.0 Å². The summed E-state index contributed by atoms with van der Waals surface area (Å²) in [5, 5.41) is 9.82. The normalized spacial score (nSPS) is 50.1. The molecule has 182 valence electrons. The molecule has 4 heteroatoms. The van der Waals surface area contributed by atoms with Crippen LogP contribution < -0.4 is 5.73 Å². The molecule has 0 unspecified atom stereocenters. The number of nitrogens with zero attached hydrogens (tertiary/aromatic N) is 1. The Morgan fingerprint density at radius 3 is 2.26 bits per heavy atom. The number of ketones is 2. The maximum absolute atomic E-state index is 14.2. The van der Waals surface area contributed by atoms with Crippen molar-refractivity contribution in [2.45, 2.75) is 97.9 Å². The number of carbonyl (C=O) groups is 2. The first kappa shape index (κ1) is 22.7. The summed E-state index contributed by atoms with van der Waals surface area (Å²) in [5.41, 5.74) is 7.46. The zero-order chi connectivity index (χ0) is 24.5. The molecule has 6 aliphatic carbocycles. The van der Waals surface area contributed by atoms with E-state index in [0.29, 0.717) is 5.41 Å². The summed E-state index contributed by atoms with van der Waals surface area (Å²) < 4.78 is 0. The molecule has 0 radical (unpaired) electrons. The van der Waals surface area contributed by atoms with Crippen molar-refractivity contribution in [3.63, 3.8) is 0 Å². The molecule has 2 N–H and O–H groups in total. The lowest BCUT2D eigenvalue weighted by Crippen LogP contribution is -2.68. The van der Waals surface area contributed by atoms with E-state index in [1.165, 1.54) is 24.8 Å². The molecule has 0 heterocycles. The van der Waals surface area contributed by atoms with Gasteiger partial charge in [-0.15, -0.1) is 0 Å². The summed E-state index contributed by atoms with van der Waals surface area (Å²) in [6.07, 6.45) is 13.9. The molecule has 0 aliphatic heterocycles. The molecule has 6 rings (SSSR count). The van der Waals surface area contributed by atoms with Gasteiger partial charge >= 0.3 is 0 Å². The lowest BCUT2D eigenvalue weighted by Gasteiger charge is -2.68. The highest BCUT2D eigenvalue weighted by molar-refractivity contribution is 6.04. The second-order valence-corrected chi connectivity index (χ2v) is 14.3. The Kier molecular flexibility index (Phi) is 4.23. The number of hydrogen-bond acceptors (Lipinski definition) is 4. The van der Waals surface area contributed by atoms with Gasteiger partial charge in [-0.05, 0) is 91.9 Å². The van der Waals surface area contributed by atoms with Crippen molar-refractivity contribution < 1.29 is 9.59 Å². The van der Waals surface area contributed by atoms with E-state index < -0.39 is 10.8 Å². The van der Waals surface area contributed by atoms with Crippen LogP contribution in [0.5, 0.6) is 0 Å². The maximum Gasteiger partial charge on any atom is 0.178 e. The van der Waals surface area contributed by atoms with Crippen molar-refractivity contribution in [3.8, 4) is 6.07 Å². The molecule has 0 aromatic rings. The minimum atomic E-state index is -0.613. The van der Waals surface area contributed by atoms with Crippen LogP contribution in [0.15, 0.2) is 23.3 Å². The van der Waals surface area contributed by atoms with Crippen LogP contribution >= 0.6 is 0 Å². The number of hydrogen-bond donors (Lipinski definition) is 1. The average molecular weight is 461 g/mol. The first-order valence-corrected chi connectivity index (χ1v) is 13.5. The second-order valence-electron chi connectivity index (χ2n) is 14.3. The lowest BCUT2D eigenvalue weighted by molar-refractivity contribution is -0.156. The van der Waals surface area contributed by atoms with Gasteiger partial charge in [0.2, 0.25) is 0 Å². The number of allylic oxidation sites excluding steroid dienone is 4. The average Bonchev–Trinajstić information content (AvgIpc) is 3.53. The highest BCUT2D eigenvalue weighted by atomic mass is 16.1. The van der Waals surface area contributed by atoms with Gasteiger partial charge in [-0.25, -0.2) is 0 Å². The summed E-state index contributed by atoms with van der Waals surface area (Å²) in [6, 6.07) is 2.19. The van der Waals surface area contributed by atoms with Gasteiger partial charge in [0, 0.05) is 22.3 Å². The molecule has 0 bridgehead atoms. The Morgan fingerprint density at radius 2 is 1.62 bits per heavy atom. The third-order valence-electron chi connectivity index (χ3n) is 12.6. The van der Waals surface area contributed by atoms with Gasteiger partial charge in [0.25, 0.3) is 0 Å². The fourth-order valence-electron chi connectivity index (χ4n) is 10.1. The first-order valence-electron chi connectivity index (χ1n) is 13.5. The van der Waals surface area contributed by atoms with Crippen LogP contribution in [-0.4, -0.2) is 17.1 Å². The van der Waals surface area contributed by atoms with Gasteiger partial charge in [0.15, 0.2) is 11.6 Å². The highest BCUT2D eigenvalue weighted by Gasteiger charge is 2.70. The highest BCUT2D eigenvalue weighted by Crippen LogP contribution is 2.74. The number of carbonyl (C=O) groups excluding carboxylic acids is 2. The van der Waals surface area contributed by atoms with E-state index in [1.54, 1.807) is 0 Å². The summed E-state index contributed by atoms with van der Waals surface area (Å²) in [4.78, 5) is 27.3. The molecule has 4 fully saturated rings. The monoisotopic (exact) mass is 460 g/mol. The fourth-order valence-corrected chi connectivity index (χ4v) is 10.1. The molecular weight excluding hydrogens is 420 g/mol. The van der Waals surface area contributed by atoms with Crippen molar-refractivity contribution in [2.75, 3.05) is 0 Å². The molecule has 0 amide bonds. The van der Waals surface area contributed by atoms with Crippen molar-refractivity contribution in [1.29, 1.82) is 5.26 Å². The predicted molar refractivity (Wildman–Crippen MR) is 131 cm³/mol. The van der Waals surface area contributed by atoms with E-state index in [-0.39, 0.29) is 51.3 Å². The molecule has 4 saturated carbocycles. The molecule has 7 atom stereocenters. The molecule has 0 aromatic carbocycles. The van der Waals surface area contributed by atoms with Crippen molar-refractivity contribution in [2.24, 2.45) is 50.6 Å². The van der Waals surface area contributed by atoms with E-state index in [9.17, 15) is 14.9 Å². The summed E-state index contributed by atoms with van der Waals surface area (Å²) in [6.45, 7) is 11.0. The third kappa shape index (κ3) is 2.48. The summed E-state index contributed by atoms with van der Waals surface area (Å²) >= 11 is 0. The van der Waals surface area contributed by atoms with Crippen molar-refractivity contribution in [1.82, 2.24) is 0 Å². The van der Waals surface area contributed by atoms with Crippen LogP contribution in [0.4, 0.5) is 0 Å². The number of nitriles is 1. The lowest BCUT2D eigenvalue weighted by atomic mass is 9.35. The van der Waals surface area contributed by atoms with E-state index >= 15 is 0 Å².